The second-order valence-corrected chi connectivity index (χ2v) is 10.4. The zero-order chi connectivity index (χ0) is 21.8. The van der Waals surface area contributed by atoms with Crippen LogP contribution in [0.4, 0.5) is 0 Å². The van der Waals surface area contributed by atoms with Gasteiger partial charge >= 0.3 is 0 Å². The molecule has 3 aromatic rings. The Morgan fingerprint density at radius 1 is 1.10 bits per heavy atom. The van der Waals surface area contributed by atoms with E-state index in [2.05, 4.69) is 16.3 Å². The van der Waals surface area contributed by atoms with Gasteiger partial charge in [0.1, 0.15) is 0 Å². The first-order valence-electron chi connectivity index (χ1n) is 10.1. The van der Waals surface area contributed by atoms with Crippen LogP contribution in [-0.4, -0.2) is 46.3 Å². The highest BCUT2D eigenvalue weighted by Crippen LogP contribution is 2.31. The van der Waals surface area contributed by atoms with Crippen molar-refractivity contribution in [3.63, 3.8) is 0 Å². The van der Waals surface area contributed by atoms with E-state index in [-0.39, 0.29) is 10.8 Å². The highest BCUT2D eigenvalue weighted by atomic mass is 32.2. The predicted octanol–water partition coefficient (Wildman–Crippen LogP) is 3.97. The molecule has 0 saturated carbocycles. The lowest BCUT2D eigenvalue weighted by Crippen LogP contribution is -2.27. The minimum Gasteiger partial charge on any atom is -0.270 e. The number of nitrogens with zero attached hydrogens (tertiary/aromatic N) is 5. The Kier molecular flexibility index (Phi) is 6.41. The molecule has 0 aliphatic carbocycles. The number of sulfonamides is 1. The van der Waals surface area contributed by atoms with E-state index in [1.807, 2.05) is 47.9 Å². The third-order valence-corrected chi connectivity index (χ3v) is 8.21. The van der Waals surface area contributed by atoms with Crippen molar-refractivity contribution in [3.05, 3.63) is 54.6 Å². The maximum atomic E-state index is 13.0. The Hall–Kier alpha value is -2.67. The van der Waals surface area contributed by atoms with E-state index >= 15 is 0 Å². The summed E-state index contributed by atoms with van der Waals surface area (Å²) < 4.78 is 29.5. The Balaban J connectivity index is 1.76. The molecule has 4 rings (SSSR count). The van der Waals surface area contributed by atoms with Gasteiger partial charge in [0.25, 0.3) is 0 Å². The highest BCUT2D eigenvalue weighted by molar-refractivity contribution is 7.99. The van der Waals surface area contributed by atoms with E-state index in [1.54, 1.807) is 22.5 Å². The van der Waals surface area contributed by atoms with Gasteiger partial charge in [-0.05, 0) is 44.0 Å². The zero-order valence-electron chi connectivity index (χ0n) is 17.2. The third kappa shape index (κ3) is 4.51. The van der Waals surface area contributed by atoms with Gasteiger partial charge in [-0.2, -0.15) is 9.57 Å². The number of para-hydroxylation sites is 1. The summed E-state index contributed by atoms with van der Waals surface area (Å²) in [6.45, 7) is 2.99. The largest absolute Gasteiger partial charge is 0.270 e. The quantitative estimate of drug-likeness (QED) is 0.503. The molecule has 1 fully saturated rings. The first-order chi connectivity index (χ1) is 15.0. The first-order valence-corrected chi connectivity index (χ1v) is 12.6. The van der Waals surface area contributed by atoms with Crippen LogP contribution >= 0.6 is 11.8 Å². The summed E-state index contributed by atoms with van der Waals surface area (Å²) in [6.07, 6.45) is 1.78. The zero-order valence-corrected chi connectivity index (χ0v) is 18.8. The first kappa shape index (κ1) is 21.6. The Morgan fingerprint density at radius 3 is 2.55 bits per heavy atom. The Labute approximate surface area is 186 Å². The van der Waals surface area contributed by atoms with Crippen molar-refractivity contribution in [2.45, 2.75) is 29.8 Å². The molecule has 7 nitrogen and oxygen atoms in total. The molecule has 9 heteroatoms. The second-order valence-electron chi connectivity index (χ2n) is 7.46. The molecule has 1 aliphatic heterocycles. The van der Waals surface area contributed by atoms with Crippen molar-refractivity contribution in [1.29, 1.82) is 5.26 Å². The Morgan fingerprint density at radius 2 is 1.84 bits per heavy atom. The molecule has 1 aromatic heterocycles. The minimum atomic E-state index is -3.53. The van der Waals surface area contributed by atoms with Gasteiger partial charge < -0.3 is 0 Å². The summed E-state index contributed by atoms with van der Waals surface area (Å²) in [5.74, 6) is 1.03. The monoisotopic (exact) mass is 453 g/mol. The van der Waals surface area contributed by atoms with E-state index in [4.69, 9.17) is 5.26 Å². The van der Waals surface area contributed by atoms with E-state index in [0.717, 1.165) is 18.5 Å². The second kappa shape index (κ2) is 9.22. The van der Waals surface area contributed by atoms with Crippen molar-refractivity contribution in [3.8, 4) is 23.1 Å². The summed E-state index contributed by atoms with van der Waals surface area (Å²) in [7, 11) is -3.53. The van der Waals surface area contributed by atoms with Crippen LogP contribution in [0.5, 0.6) is 0 Å². The summed E-state index contributed by atoms with van der Waals surface area (Å²) in [5, 5.41) is 18.5. The van der Waals surface area contributed by atoms with Crippen LogP contribution in [0.15, 0.2) is 64.6 Å². The molecule has 1 aliphatic rings. The molecule has 2 aromatic carbocycles. The van der Waals surface area contributed by atoms with Crippen molar-refractivity contribution < 1.29 is 8.42 Å². The molecule has 31 heavy (non-hydrogen) atoms. The van der Waals surface area contributed by atoms with Crippen molar-refractivity contribution in [2.24, 2.45) is 5.92 Å². The van der Waals surface area contributed by atoms with Gasteiger partial charge in [0.2, 0.25) is 10.0 Å². The number of rotatable bonds is 7. The standard InChI is InChI=1S/C22H23N5O2S2/c1-17(15-23)16-30-22-25-24-21(27(22)19-9-3-2-4-10-19)18-8-7-11-20(14-18)31(28,29)26-12-5-6-13-26/h2-4,7-11,14,17H,5-6,12-13,16H2,1H3. The fourth-order valence-corrected chi connectivity index (χ4v) is 5.93. The van der Waals surface area contributed by atoms with E-state index in [9.17, 15) is 8.42 Å². The number of benzene rings is 2. The summed E-state index contributed by atoms with van der Waals surface area (Å²) in [6, 6.07) is 18.8. The van der Waals surface area contributed by atoms with Gasteiger partial charge in [0, 0.05) is 30.1 Å². The number of nitriles is 1. The molecule has 0 spiro atoms. The maximum Gasteiger partial charge on any atom is 0.243 e. The molecule has 1 unspecified atom stereocenters. The van der Waals surface area contributed by atoms with Crippen LogP contribution in [0.2, 0.25) is 0 Å². The van der Waals surface area contributed by atoms with Crippen LogP contribution in [0, 0.1) is 17.2 Å². The van der Waals surface area contributed by atoms with Gasteiger partial charge in [0.15, 0.2) is 11.0 Å². The van der Waals surface area contributed by atoms with Crippen molar-refractivity contribution >= 4 is 21.8 Å². The van der Waals surface area contributed by atoms with Gasteiger partial charge in [-0.15, -0.1) is 10.2 Å². The van der Waals surface area contributed by atoms with Gasteiger partial charge in [-0.1, -0.05) is 42.1 Å². The number of aromatic nitrogens is 3. The van der Waals surface area contributed by atoms with E-state index < -0.39 is 10.0 Å². The maximum absolute atomic E-state index is 13.0. The normalized spacial score (nSPS) is 15.6. The topological polar surface area (TPSA) is 91.9 Å². The molecule has 1 saturated heterocycles. The smallest absolute Gasteiger partial charge is 0.243 e. The predicted molar refractivity (Wildman–Crippen MR) is 120 cm³/mol. The molecular weight excluding hydrogens is 430 g/mol. The summed E-state index contributed by atoms with van der Waals surface area (Å²) in [5.41, 5.74) is 1.55. The Bertz CT molecular complexity index is 1200. The van der Waals surface area contributed by atoms with Gasteiger partial charge in [-0.3, -0.25) is 4.57 Å². The third-order valence-electron chi connectivity index (χ3n) is 5.13. The van der Waals surface area contributed by atoms with E-state index in [1.165, 1.54) is 11.8 Å². The molecule has 2 heterocycles. The van der Waals surface area contributed by atoms with Gasteiger partial charge in [0.05, 0.1) is 16.9 Å². The van der Waals surface area contributed by atoms with Crippen LogP contribution < -0.4 is 0 Å². The molecule has 0 bridgehead atoms. The SMILES string of the molecule is CC(C#N)CSc1nnc(-c2cccc(S(=O)(=O)N3CCCC3)c2)n1-c1ccccc1. The number of hydrogen-bond acceptors (Lipinski definition) is 6. The molecule has 0 amide bonds. The van der Waals surface area contributed by atoms with Crippen LogP contribution in [0.25, 0.3) is 17.1 Å². The van der Waals surface area contributed by atoms with Crippen molar-refractivity contribution in [2.75, 3.05) is 18.8 Å². The fourth-order valence-electron chi connectivity index (χ4n) is 3.47. The summed E-state index contributed by atoms with van der Waals surface area (Å²) >= 11 is 1.46. The minimum absolute atomic E-state index is 0.122. The summed E-state index contributed by atoms with van der Waals surface area (Å²) in [4.78, 5) is 0.266. The highest BCUT2D eigenvalue weighted by Gasteiger charge is 2.28. The van der Waals surface area contributed by atoms with Crippen LogP contribution in [0.3, 0.4) is 0 Å². The number of hydrogen-bond donors (Lipinski definition) is 0. The lowest BCUT2D eigenvalue weighted by Gasteiger charge is -2.16. The molecule has 1 atom stereocenters. The van der Waals surface area contributed by atoms with Crippen LogP contribution in [0.1, 0.15) is 19.8 Å². The fraction of sp³-hybridized carbons (Fsp3) is 0.318. The lowest BCUT2D eigenvalue weighted by molar-refractivity contribution is 0.477. The molecule has 0 N–H and O–H groups in total. The lowest BCUT2D eigenvalue weighted by atomic mass is 10.2. The number of thioether (sulfide) groups is 1. The van der Waals surface area contributed by atoms with E-state index in [0.29, 0.717) is 35.4 Å². The van der Waals surface area contributed by atoms with Crippen molar-refractivity contribution in [1.82, 2.24) is 19.1 Å². The molecule has 160 valence electrons. The molecular formula is C22H23N5O2S2. The molecule has 0 radical (unpaired) electrons. The average Bonchev–Trinajstić information content (AvgIpc) is 3.49. The van der Waals surface area contributed by atoms with Crippen LogP contribution in [-0.2, 0) is 10.0 Å². The average molecular weight is 454 g/mol. The van der Waals surface area contributed by atoms with Gasteiger partial charge in [-0.25, -0.2) is 8.42 Å².